The van der Waals surface area contributed by atoms with Crippen LogP contribution in [0.5, 0.6) is 11.5 Å². The van der Waals surface area contributed by atoms with Crippen molar-refractivity contribution in [3.8, 4) is 17.6 Å². The molecule has 1 atom stereocenters. The van der Waals surface area contributed by atoms with Crippen molar-refractivity contribution in [2.24, 2.45) is 5.92 Å². The fourth-order valence-corrected chi connectivity index (χ4v) is 2.09. The number of nitrogens with zero attached hydrogens (tertiary/aromatic N) is 2. The number of rotatable bonds is 5. The largest absolute Gasteiger partial charge is 0.456 e. The monoisotopic (exact) mass is 296 g/mol. The summed E-state index contributed by atoms with van der Waals surface area (Å²) in [5, 5.41) is 22.0. The van der Waals surface area contributed by atoms with Crippen molar-refractivity contribution in [2.45, 2.75) is 19.1 Å². The van der Waals surface area contributed by atoms with E-state index in [9.17, 15) is 5.11 Å². The van der Waals surface area contributed by atoms with E-state index in [2.05, 4.69) is 16.4 Å². The molecule has 1 aliphatic carbocycles. The van der Waals surface area contributed by atoms with E-state index < -0.39 is 6.23 Å². The molecule has 0 spiro atoms. The highest BCUT2D eigenvalue weighted by molar-refractivity contribution is 5.54. The first kappa shape index (κ1) is 14.2. The predicted octanol–water partition coefficient (Wildman–Crippen LogP) is 2.47. The SMILES string of the molecule is N#Cc1cc(N)ccc1Oc1ccnc(NC(O)C2CC2)c1. The molecule has 6 nitrogen and oxygen atoms in total. The van der Waals surface area contributed by atoms with E-state index in [0.29, 0.717) is 34.5 Å². The molecule has 4 N–H and O–H groups in total. The number of nitrogens with one attached hydrogen (secondary N) is 1. The Labute approximate surface area is 128 Å². The number of aromatic nitrogens is 1. The van der Waals surface area contributed by atoms with Crippen LogP contribution in [0.25, 0.3) is 0 Å². The van der Waals surface area contributed by atoms with Gasteiger partial charge in [-0.2, -0.15) is 5.26 Å². The van der Waals surface area contributed by atoms with Gasteiger partial charge in [0.15, 0.2) is 0 Å². The highest BCUT2D eigenvalue weighted by atomic mass is 16.5. The Morgan fingerprint density at radius 2 is 2.18 bits per heavy atom. The second kappa shape index (κ2) is 5.92. The number of nitrogen functional groups attached to an aromatic ring is 1. The topological polar surface area (TPSA) is 104 Å². The smallest absolute Gasteiger partial charge is 0.145 e. The average Bonchev–Trinajstić information content (AvgIpc) is 3.34. The van der Waals surface area contributed by atoms with E-state index in [1.165, 1.54) is 0 Å². The number of hydrogen-bond donors (Lipinski definition) is 3. The number of hydrogen-bond acceptors (Lipinski definition) is 6. The molecule has 0 saturated heterocycles. The van der Waals surface area contributed by atoms with Crippen LogP contribution in [0.4, 0.5) is 11.5 Å². The van der Waals surface area contributed by atoms with Gasteiger partial charge in [0, 0.05) is 23.9 Å². The van der Waals surface area contributed by atoms with E-state index in [1.54, 1.807) is 36.5 Å². The van der Waals surface area contributed by atoms with E-state index in [0.717, 1.165) is 12.8 Å². The summed E-state index contributed by atoms with van der Waals surface area (Å²) in [5.41, 5.74) is 6.53. The quantitative estimate of drug-likeness (QED) is 0.578. The third-order valence-electron chi connectivity index (χ3n) is 3.45. The Kier molecular flexibility index (Phi) is 3.81. The van der Waals surface area contributed by atoms with Gasteiger partial charge in [-0.3, -0.25) is 0 Å². The average molecular weight is 296 g/mol. The van der Waals surface area contributed by atoms with Gasteiger partial charge in [0.25, 0.3) is 0 Å². The highest BCUT2D eigenvalue weighted by Gasteiger charge is 2.29. The Morgan fingerprint density at radius 3 is 2.91 bits per heavy atom. The maximum absolute atomic E-state index is 9.89. The van der Waals surface area contributed by atoms with Crippen LogP contribution in [0.15, 0.2) is 36.5 Å². The van der Waals surface area contributed by atoms with Crippen molar-refractivity contribution in [3.63, 3.8) is 0 Å². The number of nitriles is 1. The first-order chi connectivity index (χ1) is 10.7. The third-order valence-corrected chi connectivity index (χ3v) is 3.45. The lowest BCUT2D eigenvalue weighted by Gasteiger charge is -2.13. The van der Waals surface area contributed by atoms with E-state index in [1.807, 2.05) is 0 Å². The Balaban J connectivity index is 1.76. The molecule has 0 radical (unpaired) electrons. The maximum Gasteiger partial charge on any atom is 0.145 e. The molecule has 22 heavy (non-hydrogen) atoms. The minimum Gasteiger partial charge on any atom is -0.456 e. The van der Waals surface area contributed by atoms with Crippen LogP contribution in [-0.2, 0) is 0 Å². The lowest BCUT2D eigenvalue weighted by Crippen LogP contribution is -2.21. The molecule has 1 fully saturated rings. The van der Waals surface area contributed by atoms with Crippen molar-refractivity contribution in [1.29, 1.82) is 5.26 Å². The molecule has 112 valence electrons. The molecule has 2 aromatic rings. The van der Waals surface area contributed by atoms with Crippen molar-refractivity contribution in [2.75, 3.05) is 11.1 Å². The number of pyridine rings is 1. The molecule has 1 saturated carbocycles. The van der Waals surface area contributed by atoms with Crippen LogP contribution in [0.1, 0.15) is 18.4 Å². The minimum atomic E-state index is -0.589. The summed E-state index contributed by atoms with van der Waals surface area (Å²) >= 11 is 0. The van der Waals surface area contributed by atoms with Crippen LogP contribution < -0.4 is 15.8 Å². The Bertz CT molecular complexity index is 722. The second-order valence-electron chi connectivity index (χ2n) is 5.27. The van der Waals surface area contributed by atoms with Crippen molar-refractivity contribution in [3.05, 3.63) is 42.1 Å². The second-order valence-corrected chi connectivity index (χ2v) is 5.27. The molecule has 6 heteroatoms. The van der Waals surface area contributed by atoms with Crippen molar-refractivity contribution >= 4 is 11.5 Å². The zero-order chi connectivity index (χ0) is 15.5. The van der Waals surface area contributed by atoms with Crippen LogP contribution in [-0.4, -0.2) is 16.3 Å². The molecule has 1 heterocycles. The number of nitrogens with two attached hydrogens (primary N) is 1. The van der Waals surface area contributed by atoms with Crippen molar-refractivity contribution in [1.82, 2.24) is 4.98 Å². The molecule has 1 unspecified atom stereocenters. The van der Waals surface area contributed by atoms with Gasteiger partial charge in [0.1, 0.15) is 29.6 Å². The molecule has 3 rings (SSSR count). The molecule has 1 aromatic heterocycles. The summed E-state index contributed by atoms with van der Waals surface area (Å²) in [6.07, 6.45) is 3.05. The summed E-state index contributed by atoms with van der Waals surface area (Å²) in [6, 6.07) is 10.3. The number of aliphatic hydroxyl groups is 1. The fraction of sp³-hybridized carbons (Fsp3) is 0.250. The van der Waals surface area contributed by atoms with Gasteiger partial charge in [-0.1, -0.05) is 0 Å². The Hall–Kier alpha value is -2.78. The zero-order valence-electron chi connectivity index (χ0n) is 11.9. The van der Waals surface area contributed by atoms with Gasteiger partial charge in [0.05, 0.1) is 5.56 Å². The number of ether oxygens (including phenoxy) is 1. The van der Waals surface area contributed by atoms with Gasteiger partial charge in [-0.05, 0) is 37.1 Å². The number of anilines is 2. The fourth-order valence-electron chi connectivity index (χ4n) is 2.09. The minimum absolute atomic E-state index is 0.300. The Morgan fingerprint density at radius 1 is 1.36 bits per heavy atom. The van der Waals surface area contributed by atoms with Gasteiger partial charge >= 0.3 is 0 Å². The summed E-state index contributed by atoms with van der Waals surface area (Å²) in [4.78, 5) is 4.15. The molecule has 0 amide bonds. The molecule has 1 aliphatic rings. The molecular weight excluding hydrogens is 280 g/mol. The highest BCUT2D eigenvalue weighted by Crippen LogP contribution is 2.33. The molecular formula is C16H16N4O2. The summed E-state index contributed by atoms with van der Waals surface area (Å²) in [7, 11) is 0. The number of aliphatic hydroxyl groups excluding tert-OH is 1. The van der Waals surface area contributed by atoms with Gasteiger partial charge in [-0.15, -0.1) is 0 Å². The van der Waals surface area contributed by atoms with Gasteiger partial charge in [0.2, 0.25) is 0 Å². The first-order valence-electron chi connectivity index (χ1n) is 7.04. The third kappa shape index (κ3) is 3.27. The van der Waals surface area contributed by atoms with Crippen LogP contribution in [0.2, 0.25) is 0 Å². The lowest BCUT2D eigenvalue weighted by atomic mass is 10.2. The van der Waals surface area contributed by atoms with Crippen molar-refractivity contribution < 1.29 is 9.84 Å². The van der Waals surface area contributed by atoms with E-state index in [-0.39, 0.29) is 0 Å². The van der Waals surface area contributed by atoms with Crippen LogP contribution >= 0.6 is 0 Å². The van der Waals surface area contributed by atoms with Gasteiger partial charge < -0.3 is 20.9 Å². The first-order valence-corrected chi connectivity index (χ1v) is 7.04. The standard InChI is InChI=1S/C16H16N4O2/c17-9-11-7-12(18)3-4-14(11)22-13-5-6-19-15(8-13)20-16(21)10-1-2-10/h3-8,10,16,21H,1-2,18H2,(H,19,20). The molecule has 1 aromatic carbocycles. The maximum atomic E-state index is 9.89. The predicted molar refractivity (Wildman–Crippen MR) is 82.2 cm³/mol. The van der Waals surface area contributed by atoms with Gasteiger partial charge in [-0.25, -0.2) is 4.98 Å². The number of benzene rings is 1. The lowest BCUT2D eigenvalue weighted by molar-refractivity contribution is 0.179. The molecule has 0 bridgehead atoms. The van der Waals surface area contributed by atoms with E-state index >= 15 is 0 Å². The summed E-state index contributed by atoms with van der Waals surface area (Å²) < 4.78 is 5.71. The zero-order valence-corrected chi connectivity index (χ0v) is 11.9. The normalized spacial score (nSPS) is 14.9. The summed E-state index contributed by atoms with van der Waals surface area (Å²) in [5.74, 6) is 1.79. The molecule has 0 aliphatic heterocycles. The summed E-state index contributed by atoms with van der Waals surface area (Å²) in [6.45, 7) is 0. The van der Waals surface area contributed by atoms with Crippen LogP contribution in [0, 0.1) is 17.2 Å². The van der Waals surface area contributed by atoms with E-state index in [4.69, 9.17) is 15.7 Å². The van der Waals surface area contributed by atoms with Crippen LogP contribution in [0.3, 0.4) is 0 Å².